The standard InChI is InChI=1S/C15H18N2O5S2/c1-3-5-10-13(14(19)20)23-15(16-10)17-11-8-9(6-7-12(11)18)24(21,22)4-2/h6-8,18H,3-5H2,1-2H3,(H,16,17)(H,19,20). The van der Waals surface area contributed by atoms with Crippen LogP contribution in [0, 0.1) is 0 Å². The fraction of sp³-hybridized carbons (Fsp3) is 0.333. The van der Waals surface area contributed by atoms with Crippen molar-refractivity contribution in [2.45, 2.75) is 31.6 Å². The molecule has 0 fully saturated rings. The molecule has 1 aromatic carbocycles. The monoisotopic (exact) mass is 370 g/mol. The Morgan fingerprint density at radius 1 is 1.33 bits per heavy atom. The van der Waals surface area contributed by atoms with E-state index in [0.717, 1.165) is 17.8 Å². The van der Waals surface area contributed by atoms with Crippen LogP contribution in [0.25, 0.3) is 0 Å². The second kappa shape index (κ2) is 7.18. The SMILES string of the molecule is CCCc1nc(Nc2cc(S(=O)(=O)CC)ccc2O)sc1C(=O)O. The molecule has 2 aromatic rings. The van der Waals surface area contributed by atoms with E-state index < -0.39 is 15.8 Å². The van der Waals surface area contributed by atoms with E-state index in [1.807, 2.05) is 6.92 Å². The van der Waals surface area contributed by atoms with Crippen LogP contribution in [0.5, 0.6) is 5.75 Å². The number of aromatic nitrogens is 1. The minimum atomic E-state index is -3.42. The fourth-order valence-corrected chi connectivity index (χ4v) is 3.84. The van der Waals surface area contributed by atoms with Gasteiger partial charge in [0.25, 0.3) is 0 Å². The van der Waals surface area contributed by atoms with Gasteiger partial charge in [-0.2, -0.15) is 0 Å². The summed E-state index contributed by atoms with van der Waals surface area (Å²) < 4.78 is 23.9. The van der Waals surface area contributed by atoms with Crippen molar-refractivity contribution in [2.75, 3.05) is 11.1 Å². The van der Waals surface area contributed by atoms with E-state index in [0.29, 0.717) is 12.1 Å². The van der Waals surface area contributed by atoms with E-state index in [1.54, 1.807) is 0 Å². The highest BCUT2D eigenvalue weighted by atomic mass is 32.2. The minimum Gasteiger partial charge on any atom is -0.506 e. The number of sulfone groups is 1. The summed E-state index contributed by atoms with van der Waals surface area (Å²) in [6.45, 7) is 3.45. The lowest BCUT2D eigenvalue weighted by atomic mass is 10.2. The number of phenolic OH excluding ortho intramolecular Hbond substituents is 1. The third kappa shape index (κ3) is 3.85. The summed E-state index contributed by atoms with van der Waals surface area (Å²) in [5.41, 5.74) is 0.632. The molecule has 0 saturated carbocycles. The molecular formula is C15H18N2O5S2. The van der Waals surface area contributed by atoms with Gasteiger partial charge in [0.1, 0.15) is 10.6 Å². The maximum atomic E-state index is 11.9. The quantitative estimate of drug-likeness (QED) is 0.641. The third-order valence-electron chi connectivity index (χ3n) is 3.33. The molecule has 0 atom stereocenters. The van der Waals surface area contributed by atoms with Crippen LogP contribution in [0.1, 0.15) is 35.6 Å². The molecule has 1 aromatic heterocycles. The smallest absolute Gasteiger partial charge is 0.347 e. The molecule has 0 aliphatic carbocycles. The predicted molar refractivity (Wildman–Crippen MR) is 92.2 cm³/mol. The second-order valence-electron chi connectivity index (χ2n) is 5.06. The first-order valence-corrected chi connectivity index (χ1v) is 9.81. The average Bonchev–Trinajstić information content (AvgIpc) is 2.92. The fourth-order valence-electron chi connectivity index (χ4n) is 2.07. The zero-order valence-electron chi connectivity index (χ0n) is 13.2. The second-order valence-corrected chi connectivity index (χ2v) is 8.33. The normalized spacial score (nSPS) is 11.4. The van der Waals surface area contributed by atoms with Gasteiger partial charge < -0.3 is 15.5 Å². The molecule has 2 rings (SSSR count). The summed E-state index contributed by atoms with van der Waals surface area (Å²) >= 11 is 0.948. The van der Waals surface area contributed by atoms with Gasteiger partial charge in [-0.05, 0) is 24.6 Å². The van der Waals surface area contributed by atoms with Crippen LogP contribution in [0.3, 0.4) is 0 Å². The number of carboxylic acids is 1. The van der Waals surface area contributed by atoms with Gasteiger partial charge >= 0.3 is 5.97 Å². The first-order chi connectivity index (χ1) is 11.3. The van der Waals surface area contributed by atoms with Gasteiger partial charge in [-0.3, -0.25) is 0 Å². The minimum absolute atomic E-state index is 0.0573. The summed E-state index contributed by atoms with van der Waals surface area (Å²) in [6.07, 6.45) is 1.27. The van der Waals surface area contributed by atoms with Crippen LogP contribution in [-0.2, 0) is 16.3 Å². The van der Waals surface area contributed by atoms with Crippen molar-refractivity contribution in [1.82, 2.24) is 4.98 Å². The Kier molecular flexibility index (Phi) is 5.45. The number of rotatable bonds is 7. The zero-order valence-corrected chi connectivity index (χ0v) is 14.9. The number of thiazole rings is 1. The molecule has 7 nitrogen and oxygen atoms in total. The number of aromatic carboxylic acids is 1. The zero-order chi connectivity index (χ0) is 17.9. The molecule has 0 aliphatic heterocycles. The predicted octanol–water partition coefficient (Wildman–Crippen LogP) is 3.04. The van der Waals surface area contributed by atoms with E-state index in [9.17, 15) is 23.4 Å². The van der Waals surface area contributed by atoms with Crippen LogP contribution in [0.4, 0.5) is 10.8 Å². The third-order valence-corrected chi connectivity index (χ3v) is 6.06. The Bertz CT molecular complexity index is 859. The number of anilines is 2. The molecule has 0 saturated heterocycles. The van der Waals surface area contributed by atoms with Crippen LogP contribution >= 0.6 is 11.3 Å². The topological polar surface area (TPSA) is 117 Å². The van der Waals surface area contributed by atoms with Crippen molar-refractivity contribution in [2.24, 2.45) is 0 Å². The first-order valence-electron chi connectivity index (χ1n) is 7.34. The highest BCUT2D eigenvalue weighted by Crippen LogP contribution is 2.33. The molecule has 9 heteroatoms. The summed E-state index contributed by atoms with van der Waals surface area (Å²) in [6, 6.07) is 3.92. The number of nitrogens with one attached hydrogen (secondary N) is 1. The van der Waals surface area contributed by atoms with Gasteiger partial charge in [0, 0.05) is 0 Å². The van der Waals surface area contributed by atoms with Gasteiger partial charge in [0.15, 0.2) is 15.0 Å². The first kappa shape index (κ1) is 18.2. The summed E-state index contributed by atoms with van der Waals surface area (Å²) in [5.74, 6) is -1.26. The number of hydrogen-bond donors (Lipinski definition) is 3. The van der Waals surface area contributed by atoms with Gasteiger partial charge in [-0.15, -0.1) is 0 Å². The molecule has 24 heavy (non-hydrogen) atoms. The van der Waals surface area contributed by atoms with Crippen LogP contribution < -0.4 is 5.32 Å². The lowest BCUT2D eigenvalue weighted by Gasteiger charge is -2.08. The molecule has 0 amide bonds. The average molecular weight is 370 g/mol. The van der Waals surface area contributed by atoms with E-state index in [2.05, 4.69) is 10.3 Å². The van der Waals surface area contributed by atoms with E-state index in [1.165, 1.54) is 25.1 Å². The Morgan fingerprint density at radius 2 is 2.04 bits per heavy atom. The van der Waals surface area contributed by atoms with Gasteiger partial charge in [0.2, 0.25) is 0 Å². The number of aromatic hydroxyl groups is 1. The highest BCUT2D eigenvalue weighted by Gasteiger charge is 2.19. The Hall–Kier alpha value is -2.13. The number of aryl methyl sites for hydroxylation is 1. The lowest BCUT2D eigenvalue weighted by molar-refractivity contribution is 0.0700. The molecule has 0 spiro atoms. The molecule has 0 bridgehead atoms. The summed E-state index contributed by atoms with van der Waals surface area (Å²) in [5, 5.41) is 22.3. The van der Waals surface area contributed by atoms with Crippen LogP contribution in [-0.4, -0.2) is 35.3 Å². The molecular weight excluding hydrogens is 352 g/mol. The van der Waals surface area contributed by atoms with Crippen molar-refractivity contribution in [3.8, 4) is 5.75 Å². The van der Waals surface area contributed by atoms with Crippen molar-refractivity contribution < 1.29 is 23.4 Å². The van der Waals surface area contributed by atoms with Crippen molar-refractivity contribution >= 4 is 38.0 Å². The van der Waals surface area contributed by atoms with Gasteiger partial charge in [0.05, 0.1) is 22.0 Å². The molecule has 0 radical (unpaired) electrons. The Labute approximate surface area is 143 Å². The van der Waals surface area contributed by atoms with Crippen LogP contribution in [0.2, 0.25) is 0 Å². The Morgan fingerprint density at radius 3 is 2.62 bits per heavy atom. The van der Waals surface area contributed by atoms with Crippen molar-refractivity contribution in [1.29, 1.82) is 0 Å². The number of phenols is 1. The van der Waals surface area contributed by atoms with Crippen molar-refractivity contribution in [3.05, 3.63) is 28.8 Å². The number of carbonyl (C=O) groups is 1. The largest absolute Gasteiger partial charge is 0.506 e. The van der Waals surface area contributed by atoms with E-state index >= 15 is 0 Å². The maximum Gasteiger partial charge on any atom is 0.347 e. The lowest BCUT2D eigenvalue weighted by Crippen LogP contribution is -2.04. The molecule has 0 aliphatic rings. The van der Waals surface area contributed by atoms with Gasteiger partial charge in [-0.1, -0.05) is 31.6 Å². The van der Waals surface area contributed by atoms with E-state index in [4.69, 9.17) is 0 Å². The Balaban J connectivity index is 2.39. The number of hydrogen-bond acceptors (Lipinski definition) is 7. The van der Waals surface area contributed by atoms with Gasteiger partial charge in [-0.25, -0.2) is 18.2 Å². The molecule has 1 heterocycles. The summed E-state index contributed by atoms with van der Waals surface area (Å²) in [4.78, 5) is 15.7. The molecule has 3 N–H and O–H groups in total. The number of carboxylic acid groups (broad SMARTS) is 1. The number of benzene rings is 1. The molecule has 0 unspecified atom stereocenters. The number of nitrogens with zero attached hydrogens (tertiary/aromatic N) is 1. The molecule has 130 valence electrons. The highest BCUT2D eigenvalue weighted by molar-refractivity contribution is 7.91. The maximum absolute atomic E-state index is 11.9. The van der Waals surface area contributed by atoms with Crippen LogP contribution in [0.15, 0.2) is 23.1 Å². The van der Waals surface area contributed by atoms with E-state index in [-0.39, 0.29) is 32.1 Å². The van der Waals surface area contributed by atoms with Crippen molar-refractivity contribution in [3.63, 3.8) is 0 Å². The summed E-state index contributed by atoms with van der Waals surface area (Å²) in [7, 11) is -3.42.